The molecule has 0 amide bonds. The van der Waals surface area contributed by atoms with Crippen molar-refractivity contribution in [2.45, 2.75) is 45.2 Å². The van der Waals surface area contributed by atoms with Gasteiger partial charge in [0.25, 0.3) is 0 Å². The highest BCUT2D eigenvalue weighted by Gasteiger charge is 2.45. The molecular formula is C37H38F2N6O3. The van der Waals surface area contributed by atoms with Gasteiger partial charge in [0.05, 0.1) is 12.7 Å². The summed E-state index contributed by atoms with van der Waals surface area (Å²) in [7, 11) is 1.45. The number of likely N-dealkylation sites (tertiary alicyclic amines) is 1. The maximum atomic E-state index is 17.1. The summed E-state index contributed by atoms with van der Waals surface area (Å²) >= 11 is 0. The van der Waals surface area contributed by atoms with Gasteiger partial charge in [-0.1, -0.05) is 17.6 Å². The largest absolute Gasteiger partial charge is 0.508 e. The number of halogens is 2. The number of pyridine rings is 1. The Bertz CT molecular complexity index is 2020. The Hall–Kier alpha value is -4.53. The maximum Gasteiger partial charge on any atom is 0.319 e. The molecule has 2 bridgehead atoms. The van der Waals surface area contributed by atoms with Gasteiger partial charge in [-0.3, -0.25) is 4.90 Å². The number of allylic oxidation sites excluding steroid dienone is 1. The van der Waals surface area contributed by atoms with Gasteiger partial charge < -0.3 is 24.8 Å². The van der Waals surface area contributed by atoms with Crippen LogP contribution in [0.2, 0.25) is 0 Å². The van der Waals surface area contributed by atoms with Gasteiger partial charge in [-0.05, 0) is 74.1 Å². The standard InChI is InChI=1S/C37H38F2N6O3/c1-5-27-29(38)9-6-20-11-26(46)12-28(30(20)27)33-32(39)34-31(36(41-33)47-4)35(45-16-24-7-8-25(17-45)40-24)43-37(42-34)48-18-23(19(2)3)15-44-13-21-10-22(21)14-44/h1,6,9,11-12,21-22,24-25,40,46H,7-8,10,13-18H2,2-4H3. The number of aromatic hydroxyl groups is 1. The summed E-state index contributed by atoms with van der Waals surface area (Å²) in [4.78, 5) is 18.7. The van der Waals surface area contributed by atoms with Crippen molar-refractivity contribution in [3.8, 4) is 41.2 Å². The van der Waals surface area contributed by atoms with Crippen LogP contribution in [0, 0.1) is 35.8 Å². The van der Waals surface area contributed by atoms with Crippen LogP contribution in [-0.4, -0.2) is 83.5 Å². The second-order valence-electron chi connectivity index (χ2n) is 13.9. The highest BCUT2D eigenvalue weighted by Crippen LogP contribution is 2.45. The molecular weight excluding hydrogens is 614 g/mol. The van der Waals surface area contributed by atoms with E-state index in [-0.39, 0.29) is 64.1 Å². The second-order valence-corrected chi connectivity index (χ2v) is 13.9. The molecule has 4 unspecified atom stereocenters. The van der Waals surface area contributed by atoms with Gasteiger partial charge in [-0.25, -0.2) is 13.8 Å². The van der Waals surface area contributed by atoms with E-state index in [1.165, 1.54) is 43.4 Å². The van der Waals surface area contributed by atoms with Crippen molar-refractivity contribution in [1.82, 2.24) is 25.2 Å². The third-order valence-corrected chi connectivity index (χ3v) is 10.4. The van der Waals surface area contributed by atoms with Crippen molar-refractivity contribution in [2.24, 2.45) is 11.8 Å². The smallest absolute Gasteiger partial charge is 0.319 e. The van der Waals surface area contributed by atoms with E-state index in [4.69, 9.17) is 20.9 Å². The molecule has 0 radical (unpaired) electrons. The number of phenolic OH excluding ortho intramolecular Hbond substituents is 1. The molecule has 2 aromatic heterocycles. The van der Waals surface area contributed by atoms with Crippen LogP contribution in [0.1, 0.15) is 38.7 Å². The highest BCUT2D eigenvalue weighted by atomic mass is 19.1. The van der Waals surface area contributed by atoms with E-state index >= 15 is 4.39 Å². The van der Waals surface area contributed by atoms with Gasteiger partial charge in [0, 0.05) is 55.8 Å². The topological polar surface area (TPSA) is 95.9 Å². The first-order valence-electron chi connectivity index (χ1n) is 16.6. The molecule has 0 spiro atoms. The van der Waals surface area contributed by atoms with E-state index in [1.807, 2.05) is 0 Å². The van der Waals surface area contributed by atoms with Crippen LogP contribution in [0.5, 0.6) is 17.6 Å². The van der Waals surface area contributed by atoms with Crippen LogP contribution in [0.3, 0.4) is 0 Å². The second kappa shape index (κ2) is 11.9. The van der Waals surface area contributed by atoms with Crippen LogP contribution in [0.4, 0.5) is 14.6 Å². The predicted molar refractivity (Wildman–Crippen MR) is 180 cm³/mol. The third kappa shape index (κ3) is 5.37. The Kier molecular flexibility index (Phi) is 7.61. The zero-order valence-electron chi connectivity index (χ0n) is 27.3. The van der Waals surface area contributed by atoms with E-state index in [1.54, 1.807) is 0 Å². The molecule has 4 aromatic rings. The summed E-state index contributed by atoms with van der Waals surface area (Å²) in [5.41, 5.74) is 2.14. The van der Waals surface area contributed by atoms with Crippen LogP contribution in [0.15, 0.2) is 35.4 Å². The Balaban J connectivity index is 1.27. The fourth-order valence-electron chi connectivity index (χ4n) is 7.84. The van der Waals surface area contributed by atoms with Crippen LogP contribution in [0.25, 0.3) is 32.9 Å². The average molecular weight is 653 g/mol. The van der Waals surface area contributed by atoms with E-state index < -0.39 is 11.6 Å². The number of hydrogen-bond donors (Lipinski definition) is 2. The summed E-state index contributed by atoms with van der Waals surface area (Å²) in [6.45, 7) is 8.80. The van der Waals surface area contributed by atoms with Gasteiger partial charge in [0.1, 0.15) is 40.6 Å². The number of piperazine rings is 1. The molecule has 8 rings (SSSR count). The molecule has 248 valence electrons. The van der Waals surface area contributed by atoms with E-state index in [9.17, 15) is 9.50 Å². The average Bonchev–Trinajstić information content (AvgIpc) is 3.54. The predicted octanol–water partition coefficient (Wildman–Crippen LogP) is 5.43. The third-order valence-electron chi connectivity index (χ3n) is 10.4. The summed E-state index contributed by atoms with van der Waals surface area (Å²) in [6.07, 6.45) is 9.15. The number of piperidine rings is 1. The number of rotatable bonds is 8. The molecule has 4 aliphatic rings. The number of nitrogens with zero attached hydrogens (tertiary/aromatic N) is 5. The summed E-state index contributed by atoms with van der Waals surface area (Å²) in [5.74, 6) is 3.04. The van der Waals surface area contributed by atoms with Crippen molar-refractivity contribution < 1.29 is 23.4 Å². The Labute approximate surface area is 278 Å². The first kappa shape index (κ1) is 30.8. The lowest BCUT2D eigenvalue weighted by molar-refractivity contribution is 0.283. The number of hydrogen-bond acceptors (Lipinski definition) is 9. The Morgan fingerprint density at radius 2 is 1.79 bits per heavy atom. The molecule has 4 atom stereocenters. The zero-order valence-corrected chi connectivity index (χ0v) is 27.3. The van der Waals surface area contributed by atoms with Gasteiger partial charge in [0.15, 0.2) is 5.82 Å². The highest BCUT2D eigenvalue weighted by molar-refractivity contribution is 6.04. The maximum absolute atomic E-state index is 17.1. The first-order chi connectivity index (χ1) is 23.2. The van der Waals surface area contributed by atoms with Gasteiger partial charge in [0.2, 0.25) is 5.88 Å². The van der Waals surface area contributed by atoms with Crippen molar-refractivity contribution in [2.75, 3.05) is 51.3 Å². The molecule has 3 aliphatic heterocycles. The molecule has 11 heteroatoms. The molecule has 9 nitrogen and oxygen atoms in total. The number of fused-ring (bicyclic) bond motifs is 5. The number of nitrogens with one attached hydrogen (secondary N) is 1. The van der Waals surface area contributed by atoms with E-state index in [2.05, 4.69) is 44.9 Å². The SMILES string of the molecule is C#Cc1c(F)ccc2cc(O)cc(-c3nc(OC)c4c(N5CC6CCC(C5)N6)nc(OCC(CN5CC6CC6C5)=C(C)C)nc4c3F)c12. The molecule has 1 aliphatic carbocycles. The van der Waals surface area contributed by atoms with Crippen LogP contribution >= 0.6 is 0 Å². The van der Waals surface area contributed by atoms with E-state index in [0.29, 0.717) is 29.7 Å². The number of anilines is 1. The summed E-state index contributed by atoms with van der Waals surface area (Å²) in [5, 5.41) is 15.3. The van der Waals surface area contributed by atoms with E-state index in [0.717, 1.165) is 49.9 Å². The lowest BCUT2D eigenvalue weighted by Gasteiger charge is -2.34. The van der Waals surface area contributed by atoms with Crippen LogP contribution in [-0.2, 0) is 0 Å². The molecule has 4 fully saturated rings. The lowest BCUT2D eigenvalue weighted by atomic mass is 9.95. The number of terminal acetylenes is 1. The Morgan fingerprint density at radius 3 is 2.48 bits per heavy atom. The zero-order chi connectivity index (χ0) is 33.3. The normalized spacial score (nSPS) is 23.0. The number of phenols is 1. The van der Waals surface area contributed by atoms with Crippen molar-refractivity contribution in [3.05, 3.63) is 52.6 Å². The summed E-state index contributed by atoms with van der Waals surface area (Å²) < 4.78 is 44.1. The fraction of sp³-hybridized carbons (Fsp3) is 0.432. The minimum atomic E-state index is -0.782. The van der Waals surface area contributed by atoms with Crippen LogP contribution < -0.4 is 19.7 Å². The molecule has 1 saturated carbocycles. The number of ether oxygens (including phenoxy) is 2. The van der Waals surface area contributed by atoms with Gasteiger partial charge in [-0.15, -0.1) is 6.42 Å². The quantitative estimate of drug-likeness (QED) is 0.191. The Morgan fingerprint density at radius 1 is 1.04 bits per heavy atom. The fourth-order valence-corrected chi connectivity index (χ4v) is 7.84. The molecule has 5 heterocycles. The van der Waals surface area contributed by atoms with Crippen molar-refractivity contribution >= 4 is 27.5 Å². The van der Waals surface area contributed by atoms with Gasteiger partial charge in [-0.2, -0.15) is 9.97 Å². The van der Waals surface area contributed by atoms with Gasteiger partial charge >= 0.3 is 6.01 Å². The number of methoxy groups -OCH3 is 1. The molecule has 2 aromatic carbocycles. The lowest BCUT2D eigenvalue weighted by Crippen LogP contribution is -2.51. The van der Waals surface area contributed by atoms with Crippen molar-refractivity contribution in [1.29, 1.82) is 0 Å². The monoisotopic (exact) mass is 652 g/mol. The first-order valence-corrected chi connectivity index (χ1v) is 16.6. The molecule has 2 N–H and O–H groups in total. The molecule has 3 saturated heterocycles. The number of benzene rings is 2. The minimum absolute atomic E-state index is 0.0422. The summed E-state index contributed by atoms with van der Waals surface area (Å²) in [6, 6.07) is 6.09. The molecule has 48 heavy (non-hydrogen) atoms. The number of aromatic nitrogens is 3. The van der Waals surface area contributed by atoms with Crippen molar-refractivity contribution in [3.63, 3.8) is 0 Å². The minimum Gasteiger partial charge on any atom is -0.508 e.